The number of anilines is 2. The lowest BCUT2D eigenvalue weighted by Crippen LogP contribution is -2.30. The molecule has 198 valence electrons. The van der Waals surface area contributed by atoms with Crippen molar-refractivity contribution in [3.8, 4) is 5.75 Å². The number of rotatable bonds is 9. The number of fused-ring (bicyclic) bond motifs is 1. The highest BCUT2D eigenvalue weighted by molar-refractivity contribution is 7.92. The second-order valence-electron chi connectivity index (χ2n) is 8.77. The van der Waals surface area contributed by atoms with E-state index in [2.05, 4.69) is 0 Å². The Labute approximate surface area is 232 Å². The Balaban J connectivity index is 1.47. The number of hydrogen-bond acceptors (Lipinski definition) is 6. The van der Waals surface area contributed by atoms with E-state index in [1.54, 1.807) is 41.3 Å². The van der Waals surface area contributed by atoms with E-state index in [1.807, 2.05) is 61.5 Å². The third-order valence-corrected chi connectivity index (χ3v) is 9.04. The number of carbonyl (C=O) groups is 1. The van der Waals surface area contributed by atoms with Crippen LogP contribution in [-0.2, 0) is 16.6 Å². The van der Waals surface area contributed by atoms with Crippen LogP contribution in [0.15, 0.2) is 108 Å². The van der Waals surface area contributed by atoms with Gasteiger partial charge in [0.15, 0.2) is 5.13 Å². The normalized spacial score (nSPS) is 11.3. The zero-order chi connectivity index (χ0) is 27.4. The van der Waals surface area contributed by atoms with E-state index in [9.17, 15) is 13.2 Å². The highest BCUT2D eigenvalue weighted by Gasteiger charge is 2.25. The van der Waals surface area contributed by atoms with Gasteiger partial charge in [-0.25, -0.2) is 13.4 Å². The van der Waals surface area contributed by atoms with Gasteiger partial charge in [-0.3, -0.25) is 14.0 Å². The van der Waals surface area contributed by atoms with Gasteiger partial charge >= 0.3 is 0 Å². The molecular formula is C30H27N3O4S2. The van der Waals surface area contributed by atoms with Crippen molar-refractivity contribution in [2.24, 2.45) is 0 Å². The van der Waals surface area contributed by atoms with E-state index in [1.165, 1.54) is 34.8 Å². The largest absolute Gasteiger partial charge is 0.494 e. The molecule has 5 rings (SSSR count). The summed E-state index contributed by atoms with van der Waals surface area (Å²) in [6, 6.07) is 30.2. The summed E-state index contributed by atoms with van der Waals surface area (Å²) in [6.07, 6.45) is 0. The van der Waals surface area contributed by atoms with Crippen LogP contribution >= 0.6 is 11.3 Å². The van der Waals surface area contributed by atoms with Crippen molar-refractivity contribution < 1.29 is 17.9 Å². The monoisotopic (exact) mass is 557 g/mol. The molecule has 0 bridgehead atoms. The van der Waals surface area contributed by atoms with Crippen molar-refractivity contribution in [3.05, 3.63) is 114 Å². The Bertz CT molecular complexity index is 1690. The number of thiazole rings is 1. The SMILES string of the molecule is CCOc1ccc2nc(N(Cc3ccccc3)C(=O)c3ccc(S(=O)(=O)N(C)c4ccccc4)cc3)sc2c1. The predicted molar refractivity (Wildman–Crippen MR) is 156 cm³/mol. The maximum absolute atomic E-state index is 13.8. The summed E-state index contributed by atoms with van der Waals surface area (Å²) in [5.74, 6) is 0.474. The Morgan fingerprint density at radius 2 is 1.56 bits per heavy atom. The number of sulfonamides is 1. The van der Waals surface area contributed by atoms with Gasteiger partial charge in [0.25, 0.3) is 15.9 Å². The molecule has 7 nitrogen and oxygen atoms in total. The fraction of sp³-hybridized carbons (Fsp3) is 0.133. The second kappa shape index (κ2) is 11.3. The molecule has 4 aromatic carbocycles. The van der Waals surface area contributed by atoms with Gasteiger partial charge in [0.2, 0.25) is 0 Å². The van der Waals surface area contributed by atoms with Gasteiger partial charge in [0.1, 0.15) is 5.75 Å². The molecule has 0 spiro atoms. The molecule has 1 heterocycles. The topological polar surface area (TPSA) is 79.8 Å². The molecule has 0 radical (unpaired) electrons. The first-order valence-electron chi connectivity index (χ1n) is 12.4. The lowest BCUT2D eigenvalue weighted by molar-refractivity contribution is 0.0985. The molecule has 0 N–H and O–H groups in total. The third-order valence-electron chi connectivity index (χ3n) is 6.20. The van der Waals surface area contributed by atoms with Crippen molar-refractivity contribution in [1.29, 1.82) is 0 Å². The maximum atomic E-state index is 13.8. The van der Waals surface area contributed by atoms with Crippen LogP contribution in [0.4, 0.5) is 10.8 Å². The molecule has 0 fully saturated rings. The van der Waals surface area contributed by atoms with Crippen LogP contribution in [0, 0.1) is 0 Å². The van der Waals surface area contributed by atoms with Crippen LogP contribution in [0.3, 0.4) is 0 Å². The molecular weight excluding hydrogens is 530 g/mol. The van der Waals surface area contributed by atoms with E-state index in [-0.39, 0.29) is 10.8 Å². The molecule has 0 aliphatic rings. The first-order valence-corrected chi connectivity index (χ1v) is 14.7. The summed E-state index contributed by atoms with van der Waals surface area (Å²) in [7, 11) is -2.29. The molecule has 0 aliphatic carbocycles. The summed E-state index contributed by atoms with van der Waals surface area (Å²) >= 11 is 1.41. The lowest BCUT2D eigenvalue weighted by atomic mass is 10.1. The average Bonchev–Trinajstić information content (AvgIpc) is 3.39. The molecule has 1 aromatic heterocycles. The fourth-order valence-electron chi connectivity index (χ4n) is 4.12. The smallest absolute Gasteiger partial charge is 0.264 e. The standard InChI is InChI=1S/C30H27N3O4S2/c1-3-37-25-16-19-27-28(20-25)38-30(31-27)33(21-22-10-6-4-7-11-22)29(34)23-14-17-26(18-15-23)39(35,36)32(2)24-12-8-5-9-13-24/h4-20H,3,21H2,1-2H3. The van der Waals surface area contributed by atoms with Crippen molar-refractivity contribution >= 4 is 48.3 Å². The molecule has 0 unspecified atom stereocenters. The van der Waals surface area contributed by atoms with Crippen molar-refractivity contribution in [3.63, 3.8) is 0 Å². The van der Waals surface area contributed by atoms with Crippen LogP contribution in [-0.4, -0.2) is 33.0 Å². The molecule has 0 saturated carbocycles. The number of hydrogen-bond donors (Lipinski definition) is 0. The van der Waals surface area contributed by atoms with Gasteiger partial charge in [-0.1, -0.05) is 59.9 Å². The Hall–Kier alpha value is -4.21. The predicted octanol–water partition coefficient (Wildman–Crippen LogP) is 6.37. The quantitative estimate of drug-likeness (QED) is 0.211. The van der Waals surface area contributed by atoms with Gasteiger partial charge in [0, 0.05) is 12.6 Å². The first-order chi connectivity index (χ1) is 18.9. The molecule has 9 heteroatoms. The van der Waals surface area contributed by atoms with E-state index < -0.39 is 10.0 Å². The van der Waals surface area contributed by atoms with E-state index in [4.69, 9.17) is 9.72 Å². The van der Waals surface area contributed by atoms with E-state index >= 15 is 0 Å². The number of carbonyl (C=O) groups excluding carboxylic acids is 1. The van der Waals surface area contributed by atoms with E-state index in [0.717, 1.165) is 21.5 Å². The van der Waals surface area contributed by atoms with Crippen LogP contribution in [0.2, 0.25) is 0 Å². The molecule has 5 aromatic rings. The Kier molecular flexibility index (Phi) is 7.63. The Morgan fingerprint density at radius 1 is 0.897 bits per heavy atom. The number of para-hydroxylation sites is 1. The highest BCUT2D eigenvalue weighted by Crippen LogP contribution is 2.33. The fourth-order valence-corrected chi connectivity index (χ4v) is 6.30. The lowest BCUT2D eigenvalue weighted by Gasteiger charge is -2.21. The Morgan fingerprint density at radius 3 is 2.23 bits per heavy atom. The van der Waals surface area contributed by atoms with Gasteiger partial charge in [-0.15, -0.1) is 0 Å². The number of benzene rings is 4. The number of ether oxygens (including phenoxy) is 1. The summed E-state index contributed by atoms with van der Waals surface area (Å²) in [4.78, 5) is 20.3. The summed E-state index contributed by atoms with van der Waals surface area (Å²) < 4.78 is 34.2. The zero-order valence-electron chi connectivity index (χ0n) is 21.5. The number of amides is 1. The highest BCUT2D eigenvalue weighted by atomic mass is 32.2. The van der Waals surface area contributed by atoms with Gasteiger partial charge in [-0.05, 0) is 67.1 Å². The van der Waals surface area contributed by atoms with Gasteiger partial charge in [0.05, 0.1) is 34.0 Å². The van der Waals surface area contributed by atoms with Gasteiger partial charge < -0.3 is 4.74 Å². The van der Waals surface area contributed by atoms with Crippen LogP contribution in [0.1, 0.15) is 22.8 Å². The molecule has 0 atom stereocenters. The molecule has 0 saturated heterocycles. The summed E-state index contributed by atoms with van der Waals surface area (Å²) in [5.41, 5.74) is 2.63. The average molecular weight is 558 g/mol. The van der Waals surface area contributed by atoms with Crippen molar-refractivity contribution in [2.45, 2.75) is 18.4 Å². The van der Waals surface area contributed by atoms with Crippen molar-refractivity contribution in [1.82, 2.24) is 4.98 Å². The number of nitrogens with zero attached hydrogens (tertiary/aromatic N) is 3. The minimum Gasteiger partial charge on any atom is -0.494 e. The van der Waals surface area contributed by atoms with Crippen LogP contribution in [0.25, 0.3) is 10.2 Å². The van der Waals surface area contributed by atoms with Crippen molar-refractivity contribution in [2.75, 3.05) is 22.9 Å². The molecule has 0 aliphatic heterocycles. The minimum absolute atomic E-state index is 0.100. The maximum Gasteiger partial charge on any atom is 0.264 e. The summed E-state index contributed by atoms with van der Waals surface area (Å²) in [6.45, 7) is 2.80. The van der Waals surface area contributed by atoms with Crippen LogP contribution < -0.4 is 13.9 Å². The first kappa shape index (κ1) is 26.4. The minimum atomic E-state index is -3.80. The third kappa shape index (κ3) is 5.64. The van der Waals surface area contributed by atoms with Gasteiger partial charge in [-0.2, -0.15) is 0 Å². The van der Waals surface area contributed by atoms with E-state index in [0.29, 0.717) is 29.5 Å². The molecule has 39 heavy (non-hydrogen) atoms. The zero-order valence-corrected chi connectivity index (χ0v) is 23.2. The van der Waals surface area contributed by atoms with Crippen LogP contribution in [0.5, 0.6) is 5.75 Å². The number of aromatic nitrogens is 1. The summed E-state index contributed by atoms with van der Waals surface area (Å²) in [5, 5.41) is 0.549. The second-order valence-corrected chi connectivity index (χ2v) is 11.7. The molecule has 1 amide bonds.